The highest BCUT2D eigenvalue weighted by molar-refractivity contribution is 5.91. The second-order valence-electron chi connectivity index (χ2n) is 3.25. The molecule has 0 aromatic rings. The first-order valence-electron chi connectivity index (χ1n) is 4.48. The zero-order valence-electron chi connectivity index (χ0n) is 7.36. The number of carbonyl (C=O) groups is 1. The van der Waals surface area contributed by atoms with Gasteiger partial charge in [-0.05, 0) is 12.8 Å². The molecule has 0 N–H and O–H groups in total. The molecule has 2 atom stereocenters. The van der Waals surface area contributed by atoms with Gasteiger partial charge in [-0.2, -0.15) is 0 Å². The molecule has 2 aliphatic rings. The molecular weight excluding hydrogens is 168 g/mol. The third kappa shape index (κ3) is 1.40. The van der Waals surface area contributed by atoms with Gasteiger partial charge in [0.15, 0.2) is 0 Å². The number of hydrogen-bond acceptors (Lipinski definition) is 3. The van der Waals surface area contributed by atoms with E-state index in [1.54, 1.807) is 12.2 Å². The van der Waals surface area contributed by atoms with Crippen LogP contribution in [0.25, 0.3) is 0 Å². The number of fused-ring (bicyclic) bond motifs is 1. The van der Waals surface area contributed by atoms with Crippen LogP contribution in [0.3, 0.4) is 0 Å². The lowest BCUT2D eigenvalue weighted by Crippen LogP contribution is -2.26. The number of rotatable bonds is 1. The summed E-state index contributed by atoms with van der Waals surface area (Å²) in [5, 5.41) is 0. The summed E-state index contributed by atoms with van der Waals surface area (Å²) >= 11 is 0. The number of allylic oxidation sites excluding steroid dienone is 2. The Balaban J connectivity index is 2.23. The Bertz CT molecular complexity index is 267. The molecule has 0 bridgehead atoms. The van der Waals surface area contributed by atoms with E-state index >= 15 is 0 Å². The van der Waals surface area contributed by atoms with Crippen molar-refractivity contribution >= 4 is 5.97 Å². The van der Waals surface area contributed by atoms with E-state index < -0.39 is 0 Å². The van der Waals surface area contributed by atoms with Crippen LogP contribution in [0, 0.1) is 5.92 Å². The van der Waals surface area contributed by atoms with Crippen LogP contribution in [0.2, 0.25) is 0 Å². The van der Waals surface area contributed by atoms with E-state index in [1.165, 1.54) is 0 Å². The SMILES string of the molecule is C=C/C=C1\C(=O)OC2OCCCC12. The lowest BCUT2D eigenvalue weighted by molar-refractivity contribution is -0.174. The van der Waals surface area contributed by atoms with Crippen molar-refractivity contribution in [3.63, 3.8) is 0 Å². The summed E-state index contributed by atoms with van der Waals surface area (Å²) in [7, 11) is 0. The summed E-state index contributed by atoms with van der Waals surface area (Å²) in [6.07, 6.45) is 4.96. The predicted molar refractivity (Wildman–Crippen MR) is 46.8 cm³/mol. The van der Waals surface area contributed by atoms with Crippen LogP contribution >= 0.6 is 0 Å². The van der Waals surface area contributed by atoms with E-state index in [9.17, 15) is 4.79 Å². The molecule has 3 nitrogen and oxygen atoms in total. The lowest BCUT2D eigenvalue weighted by atomic mass is 9.94. The Kier molecular flexibility index (Phi) is 2.19. The molecule has 2 aliphatic heterocycles. The summed E-state index contributed by atoms with van der Waals surface area (Å²) in [5.41, 5.74) is 0.708. The van der Waals surface area contributed by atoms with Gasteiger partial charge in [0, 0.05) is 5.57 Å². The van der Waals surface area contributed by atoms with Crippen molar-refractivity contribution in [1.29, 1.82) is 0 Å². The van der Waals surface area contributed by atoms with Crippen LogP contribution in [-0.4, -0.2) is 18.9 Å². The maximum atomic E-state index is 11.3. The molecule has 2 heterocycles. The summed E-state index contributed by atoms with van der Waals surface area (Å²) in [4.78, 5) is 11.3. The molecular formula is C10H12O3. The van der Waals surface area contributed by atoms with E-state index in [2.05, 4.69) is 6.58 Å². The molecule has 2 fully saturated rings. The second kappa shape index (κ2) is 3.34. The highest BCUT2D eigenvalue weighted by Crippen LogP contribution is 2.35. The minimum atomic E-state index is -0.340. The number of hydrogen-bond donors (Lipinski definition) is 0. The minimum Gasteiger partial charge on any atom is -0.432 e. The van der Waals surface area contributed by atoms with Crippen LogP contribution in [0.1, 0.15) is 12.8 Å². The summed E-state index contributed by atoms with van der Waals surface area (Å²) in [5.74, 6) is -0.129. The number of ether oxygens (including phenoxy) is 2. The third-order valence-electron chi connectivity index (χ3n) is 2.43. The molecule has 0 aromatic carbocycles. The van der Waals surface area contributed by atoms with Crippen LogP contribution in [0.15, 0.2) is 24.3 Å². The molecule has 0 radical (unpaired) electrons. The molecule has 0 saturated carbocycles. The molecule has 2 unspecified atom stereocenters. The van der Waals surface area contributed by atoms with Gasteiger partial charge in [-0.25, -0.2) is 4.79 Å². The lowest BCUT2D eigenvalue weighted by Gasteiger charge is -2.22. The Morgan fingerprint density at radius 3 is 3.15 bits per heavy atom. The first-order valence-corrected chi connectivity index (χ1v) is 4.48. The monoisotopic (exact) mass is 180 g/mol. The smallest absolute Gasteiger partial charge is 0.336 e. The van der Waals surface area contributed by atoms with Crippen molar-refractivity contribution in [1.82, 2.24) is 0 Å². The molecule has 13 heavy (non-hydrogen) atoms. The highest BCUT2D eigenvalue weighted by atomic mass is 16.7. The van der Waals surface area contributed by atoms with Crippen molar-refractivity contribution < 1.29 is 14.3 Å². The van der Waals surface area contributed by atoms with Gasteiger partial charge < -0.3 is 9.47 Å². The van der Waals surface area contributed by atoms with Gasteiger partial charge in [-0.3, -0.25) is 0 Å². The fraction of sp³-hybridized carbons (Fsp3) is 0.500. The molecule has 0 spiro atoms. The molecule has 3 heteroatoms. The normalized spacial score (nSPS) is 35.7. The number of carbonyl (C=O) groups excluding carboxylic acids is 1. The van der Waals surface area contributed by atoms with Gasteiger partial charge in [-0.15, -0.1) is 0 Å². The zero-order valence-corrected chi connectivity index (χ0v) is 7.36. The largest absolute Gasteiger partial charge is 0.432 e. The van der Waals surface area contributed by atoms with Gasteiger partial charge in [0.05, 0.1) is 12.5 Å². The van der Waals surface area contributed by atoms with E-state index in [0.29, 0.717) is 12.2 Å². The van der Waals surface area contributed by atoms with Gasteiger partial charge in [-0.1, -0.05) is 18.7 Å². The highest BCUT2D eigenvalue weighted by Gasteiger charge is 2.41. The quantitative estimate of drug-likeness (QED) is 0.452. The molecule has 2 saturated heterocycles. The summed E-state index contributed by atoms with van der Waals surface area (Å²) in [6, 6.07) is 0. The van der Waals surface area contributed by atoms with Crippen molar-refractivity contribution in [3.05, 3.63) is 24.3 Å². The Hall–Kier alpha value is -1.09. The average molecular weight is 180 g/mol. The average Bonchev–Trinajstić information content (AvgIpc) is 2.44. The maximum Gasteiger partial charge on any atom is 0.336 e. The summed E-state index contributed by atoms with van der Waals surface area (Å²) < 4.78 is 10.4. The second-order valence-corrected chi connectivity index (χ2v) is 3.25. The molecule has 0 amide bonds. The van der Waals surface area contributed by atoms with Crippen molar-refractivity contribution in [3.8, 4) is 0 Å². The van der Waals surface area contributed by atoms with Crippen LogP contribution < -0.4 is 0 Å². The first-order chi connectivity index (χ1) is 6.33. The third-order valence-corrected chi connectivity index (χ3v) is 2.43. The van der Waals surface area contributed by atoms with Gasteiger partial charge in [0.2, 0.25) is 6.29 Å². The van der Waals surface area contributed by atoms with Crippen molar-refractivity contribution in [2.45, 2.75) is 19.1 Å². The van der Waals surface area contributed by atoms with Crippen LogP contribution in [0.5, 0.6) is 0 Å². The first kappa shape index (κ1) is 8.51. The van der Waals surface area contributed by atoms with Crippen LogP contribution in [0.4, 0.5) is 0 Å². The van der Waals surface area contributed by atoms with E-state index in [-0.39, 0.29) is 18.2 Å². The predicted octanol–water partition coefficient (Wildman–Crippen LogP) is 1.41. The Morgan fingerprint density at radius 2 is 2.38 bits per heavy atom. The summed E-state index contributed by atoms with van der Waals surface area (Å²) in [6.45, 7) is 4.26. The van der Waals surface area contributed by atoms with Crippen molar-refractivity contribution in [2.24, 2.45) is 5.92 Å². The maximum absolute atomic E-state index is 11.3. The molecule has 2 rings (SSSR count). The topological polar surface area (TPSA) is 35.5 Å². The zero-order chi connectivity index (χ0) is 9.26. The Labute approximate surface area is 77.0 Å². The van der Waals surface area contributed by atoms with E-state index in [0.717, 1.165) is 12.8 Å². The van der Waals surface area contributed by atoms with E-state index in [4.69, 9.17) is 9.47 Å². The van der Waals surface area contributed by atoms with Gasteiger partial charge >= 0.3 is 5.97 Å². The van der Waals surface area contributed by atoms with Crippen molar-refractivity contribution in [2.75, 3.05) is 6.61 Å². The number of esters is 1. The Morgan fingerprint density at radius 1 is 1.54 bits per heavy atom. The van der Waals surface area contributed by atoms with Gasteiger partial charge in [0.25, 0.3) is 0 Å². The molecule has 0 aliphatic carbocycles. The fourth-order valence-electron chi connectivity index (χ4n) is 1.82. The van der Waals surface area contributed by atoms with E-state index in [1.807, 2.05) is 0 Å². The van der Waals surface area contributed by atoms with Crippen LogP contribution in [-0.2, 0) is 14.3 Å². The molecule has 70 valence electrons. The minimum absolute atomic E-state index is 0.124. The standard InChI is InChI=1S/C10H12O3/c1-2-4-7-8-5-3-6-12-10(8)13-9(7)11/h2,4,8,10H,1,3,5-6H2/b7-4-. The van der Waals surface area contributed by atoms with Gasteiger partial charge in [0.1, 0.15) is 0 Å². The fourth-order valence-corrected chi connectivity index (χ4v) is 1.82. The molecule has 0 aromatic heterocycles.